The molecule has 0 heterocycles. The Hall–Kier alpha value is -2.34. The maximum absolute atomic E-state index is 12.2. The highest BCUT2D eigenvalue weighted by Crippen LogP contribution is 2.18. The average Bonchev–Trinajstić information content (AvgIpc) is 2.62. The molecule has 0 atom stereocenters. The van der Waals surface area contributed by atoms with E-state index in [2.05, 4.69) is 27.9 Å². The van der Waals surface area contributed by atoms with Crippen LogP contribution in [0.3, 0.4) is 0 Å². The van der Waals surface area contributed by atoms with Gasteiger partial charge in [0.2, 0.25) is 0 Å². The van der Waals surface area contributed by atoms with Crippen LogP contribution in [0.25, 0.3) is 0 Å². The lowest BCUT2D eigenvalue weighted by atomic mass is 10.2. The fourth-order valence-corrected chi connectivity index (χ4v) is 2.54. The van der Waals surface area contributed by atoms with Crippen LogP contribution in [0, 0.1) is 3.57 Å². The van der Waals surface area contributed by atoms with E-state index in [0.717, 1.165) is 20.6 Å². The standard InChI is InChI=1S/C20H16INO2/c21-17-8-6-16(7-9-17)20(23)22-18-10-12-19(13-11-18)24-14-15-4-2-1-3-5-15/h1-13H,14H2,(H,22,23). The van der Waals surface area contributed by atoms with Gasteiger partial charge in [-0.1, -0.05) is 30.3 Å². The van der Waals surface area contributed by atoms with E-state index in [1.165, 1.54) is 0 Å². The van der Waals surface area contributed by atoms with Gasteiger partial charge in [-0.2, -0.15) is 0 Å². The van der Waals surface area contributed by atoms with Crippen LogP contribution in [0.2, 0.25) is 0 Å². The van der Waals surface area contributed by atoms with E-state index >= 15 is 0 Å². The highest BCUT2D eigenvalue weighted by molar-refractivity contribution is 14.1. The Labute approximate surface area is 154 Å². The van der Waals surface area contributed by atoms with Crippen molar-refractivity contribution in [2.24, 2.45) is 0 Å². The molecule has 3 rings (SSSR count). The Kier molecular flexibility index (Phi) is 5.48. The Bertz CT molecular complexity index is 799. The van der Waals surface area contributed by atoms with Gasteiger partial charge in [0, 0.05) is 14.8 Å². The van der Waals surface area contributed by atoms with Gasteiger partial charge in [0.25, 0.3) is 5.91 Å². The second kappa shape index (κ2) is 7.97. The molecule has 0 fully saturated rings. The quantitative estimate of drug-likeness (QED) is 0.572. The van der Waals surface area contributed by atoms with Gasteiger partial charge in [-0.05, 0) is 76.7 Å². The number of benzene rings is 3. The van der Waals surface area contributed by atoms with Gasteiger partial charge >= 0.3 is 0 Å². The first kappa shape index (κ1) is 16.5. The third kappa shape index (κ3) is 4.58. The van der Waals surface area contributed by atoms with Crippen LogP contribution in [0.4, 0.5) is 5.69 Å². The zero-order valence-corrected chi connectivity index (χ0v) is 15.1. The highest BCUT2D eigenvalue weighted by Gasteiger charge is 2.06. The number of amides is 1. The van der Waals surface area contributed by atoms with Crippen LogP contribution in [-0.4, -0.2) is 5.91 Å². The maximum atomic E-state index is 12.2. The summed E-state index contributed by atoms with van der Waals surface area (Å²) in [6, 6.07) is 24.8. The summed E-state index contributed by atoms with van der Waals surface area (Å²) in [6.07, 6.45) is 0. The van der Waals surface area contributed by atoms with Gasteiger partial charge in [0.15, 0.2) is 0 Å². The summed E-state index contributed by atoms with van der Waals surface area (Å²) in [5, 5.41) is 2.88. The second-order valence-corrected chi connectivity index (χ2v) is 6.51. The van der Waals surface area contributed by atoms with Crippen molar-refractivity contribution >= 4 is 34.2 Å². The Morgan fingerprint density at radius 1 is 0.875 bits per heavy atom. The minimum Gasteiger partial charge on any atom is -0.489 e. The molecule has 0 saturated heterocycles. The van der Waals surface area contributed by atoms with Gasteiger partial charge in [0.1, 0.15) is 12.4 Å². The number of halogens is 1. The van der Waals surface area contributed by atoms with Crippen molar-refractivity contribution in [3.8, 4) is 5.75 Å². The monoisotopic (exact) mass is 429 g/mol. The summed E-state index contributed by atoms with van der Waals surface area (Å²) >= 11 is 2.21. The Morgan fingerprint density at radius 3 is 2.21 bits per heavy atom. The fourth-order valence-electron chi connectivity index (χ4n) is 2.18. The molecule has 0 unspecified atom stereocenters. The van der Waals surface area contributed by atoms with E-state index in [1.54, 1.807) is 0 Å². The number of carbonyl (C=O) groups excluding carboxylic acids is 1. The van der Waals surface area contributed by atoms with Gasteiger partial charge in [-0.15, -0.1) is 0 Å². The molecule has 0 bridgehead atoms. The molecular weight excluding hydrogens is 413 g/mol. The molecule has 3 aromatic rings. The number of ether oxygens (including phenoxy) is 1. The van der Waals surface area contributed by atoms with Crippen LogP contribution in [-0.2, 0) is 6.61 Å². The molecule has 3 aromatic carbocycles. The molecule has 1 N–H and O–H groups in total. The van der Waals surface area contributed by atoms with Crippen LogP contribution >= 0.6 is 22.6 Å². The average molecular weight is 429 g/mol. The van der Waals surface area contributed by atoms with Crippen LogP contribution in [0.5, 0.6) is 5.75 Å². The van der Waals surface area contributed by atoms with Gasteiger partial charge in [0.05, 0.1) is 0 Å². The first-order valence-electron chi connectivity index (χ1n) is 7.54. The predicted octanol–water partition coefficient (Wildman–Crippen LogP) is 5.12. The van der Waals surface area contributed by atoms with Crippen molar-refractivity contribution < 1.29 is 9.53 Å². The third-order valence-electron chi connectivity index (χ3n) is 3.47. The Balaban J connectivity index is 1.58. The van der Waals surface area contributed by atoms with Crippen molar-refractivity contribution in [2.75, 3.05) is 5.32 Å². The largest absolute Gasteiger partial charge is 0.489 e. The molecule has 4 heteroatoms. The maximum Gasteiger partial charge on any atom is 0.255 e. The van der Waals surface area contributed by atoms with Crippen LogP contribution in [0.15, 0.2) is 78.9 Å². The SMILES string of the molecule is O=C(Nc1ccc(OCc2ccccc2)cc1)c1ccc(I)cc1. The van der Waals surface area contributed by atoms with Crippen molar-refractivity contribution in [3.05, 3.63) is 93.6 Å². The lowest BCUT2D eigenvalue weighted by molar-refractivity contribution is 0.102. The van der Waals surface area contributed by atoms with E-state index in [9.17, 15) is 4.79 Å². The minimum absolute atomic E-state index is 0.121. The molecule has 120 valence electrons. The van der Waals surface area contributed by atoms with E-state index < -0.39 is 0 Å². The van der Waals surface area contributed by atoms with E-state index in [4.69, 9.17) is 4.74 Å². The van der Waals surface area contributed by atoms with E-state index in [1.807, 2.05) is 78.9 Å². The van der Waals surface area contributed by atoms with Crippen molar-refractivity contribution in [3.63, 3.8) is 0 Å². The molecule has 3 nitrogen and oxygen atoms in total. The highest BCUT2D eigenvalue weighted by atomic mass is 127. The molecule has 1 amide bonds. The van der Waals surface area contributed by atoms with E-state index in [-0.39, 0.29) is 5.91 Å². The van der Waals surface area contributed by atoms with Gasteiger partial charge in [-0.3, -0.25) is 4.79 Å². The molecule has 24 heavy (non-hydrogen) atoms. The summed E-state index contributed by atoms with van der Waals surface area (Å²) in [5.41, 5.74) is 2.50. The summed E-state index contributed by atoms with van der Waals surface area (Å²) in [5.74, 6) is 0.649. The molecule has 0 aliphatic carbocycles. The molecule has 0 saturated carbocycles. The zero-order chi connectivity index (χ0) is 16.8. The van der Waals surface area contributed by atoms with Gasteiger partial charge in [-0.25, -0.2) is 0 Å². The number of rotatable bonds is 5. The normalized spacial score (nSPS) is 10.2. The summed E-state index contributed by atoms with van der Waals surface area (Å²) in [7, 11) is 0. The number of hydrogen-bond acceptors (Lipinski definition) is 2. The first-order chi connectivity index (χ1) is 11.7. The number of nitrogens with one attached hydrogen (secondary N) is 1. The molecule has 0 spiro atoms. The second-order valence-electron chi connectivity index (χ2n) is 5.26. The molecule has 0 aliphatic rings. The molecule has 0 radical (unpaired) electrons. The van der Waals surface area contributed by atoms with E-state index in [0.29, 0.717) is 12.2 Å². The summed E-state index contributed by atoms with van der Waals surface area (Å²) in [6.45, 7) is 0.523. The van der Waals surface area contributed by atoms with Crippen molar-refractivity contribution in [1.82, 2.24) is 0 Å². The van der Waals surface area contributed by atoms with Gasteiger partial charge < -0.3 is 10.1 Å². The molecule has 0 aliphatic heterocycles. The predicted molar refractivity (Wildman–Crippen MR) is 104 cm³/mol. The zero-order valence-electron chi connectivity index (χ0n) is 12.9. The lowest BCUT2D eigenvalue weighted by Gasteiger charge is -2.08. The summed E-state index contributed by atoms with van der Waals surface area (Å²) < 4.78 is 6.84. The number of hydrogen-bond donors (Lipinski definition) is 1. The smallest absolute Gasteiger partial charge is 0.255 e. The van der Waals surface area contributed by atoms with Crippen molar-refractivity contribution in [2.45, 2.75) is 6.61 Å². The van der Waals surface area contributed by atoms with Crippen LogP contribution < -0.4 is 10.1 Å². The first-order valence-corrected chi connectivity index (χ1v) is 8.62. The number of carbonyl (C=O) groups is 1. The minimum atomic E-state index is -0.121. The summed E-state index contributed by atoms with van der Waals surface area (Å²) in [4.78, 5) is 12.2. The third-order valence-corrected chi connectivity index (χ3v) is 4.19. The van der Waals surface area contributed by atoms with Crippen molar-refractivity contribution in [1.29, 1.82) is 0 Å². The number of anilines is 1. The van der Waals surface area contributed by atoms with Crippen LogP contribution in [0.1, 0.15) is 15.9 Å². The molecular formula is C20H16INO2. The Morgan fingerprint density at radius 2 is 1.54 bits per heavy atom. The lowest BCUT2D eigenvalue weighted by Crippen LogP contribution is -2.11. The fraction of sp³-hybridized carbons (Fsp3) is 0.0500. The molecule has 0 aromatic heterocycles. The topological polar surface area (TPSA) is 38.3 Å².